The second-order valence-electron chi connectivity index (χ2n) is 4.56. The van der Waals surface area contributed by atoms with Gasteiger partial charge in [-0.25, -0.2) is 0 Å². The molecule has 2 rings (SSSR count). The van der Waals surface area contributed by atoms with E-state index in [1.54, 1.807) is 12.1 Å². The van der Waals surface area contributed by atoms with Crippen LogP contribution in [0.2, 0.25) is 0 Å². The van der Waals surface area contributed by atoms with Crippen LogP contribution in [0.4, 0.5) is 13.2 Å². The van der Waals surface area contributed by atoms with Crippen molar-refractivity contribution in [2.24, 2.45) is 0 Å². The maximum absolute atomic E-state index is 12.2. The van der Waals surface area contributed by atoms with Crippen LogP contribution in [-0.4, -0.2) is 12.9 Å². The van der Waals surface area contributed by atoms with Gasteiger partial charge in [0.1, 0.15) is 5.75 Å². The van der Waals surface area contributed by atoms with Gasteiger partial charge in [-0.05, 0) is 41.4 Å². The van der Waals surface area contributed by atoms with E-state index in [2.05, 4.69) is 10.1 Å². The molecule has 0 unspecified atom stereocenters. The molecule has 0 radical (unpaired) electrons. The summed E-state index contributed by atoms with van der Waals surface area (Å²) in [5.74, 6) is -0.211. The Hall–Kier alpha value is -2.01. The number of halogens is 3. The van der Waals surface area contributed by atoms with Gasteiger partial charge in [0.05, 0.1) is 0 Å². The highest BCUT2D eigenvalue weighted by molar-refractivity contribution is 5.65. The predicted octanol–water partition coefficient (Wildman–Crippen LogP) is 4.36. The van der Waals surface area contributed by atoms with Crippen LogP contribution in [0.1, 0.15) is 12.5 Å². The van der Waals surface area contributed by atoms with Crippen molar-refractivity contribution in [1.82, 2.24) is 5.32 Å². The average molecular weight is 295 g/mol. The molecule has 0 spiro atoms. The summed E-state index contributed by atoms with van der Waals surface area (Å²) in [5.41, 5.74) is 2.63. The quantitative estimate of drug-likeness (QED) is 0.885. The summed E-state index contributed by atoms with van der Waals surface area (Å²) in [6, 6.07) is 13.7. The molecule has 2 aromatic rings. The molecule has 0 amide bonds. The van der Waals surface area contributed by atoms with Crippen molar-refractivity contribution in [3.63, 3.8) is 0 Å². The summed E-state index contributed by atoms with van der Waals surface area (Å²) in [6.07, 6.45) is -4.68. The number of hydrogen-bond donors (Lipinski definition) is 1. The van der Waals surface area contributed by atoms with Crippen LogP contribution in [-0.2, 0) is 6.54 Å². The summed E-state index contributed by atoms with van der Waals surface area (Å²) >= 11 is 0. The Kier molecular flexibility index (Phi) is 4.85. The summed E-state index contributed by atoms with van der Waals surface area (Å²) in [5, 5.41) is 3.21. The number of benzene rings is 2. The molecule has 0 aliphatic heterocycles. The lowest BCUT2D eigenvalue weighted by Gasteiger charge is -2.11. The minimum absolute atomic E-state index is 0.211. The molecule has 0 fully saturated rings. The van der Waals surface area contributed by atoms with Crippen molar-refractivity contribution in [3.8, 4) is 16.9 Å². The first-order chi connectivity index (χ1) is 9.98. The maximum atomic E-state index is 12.2. The third-order valence-corrected chi connectivity index (χ3v) is 2.91. The fourth-order valence-corrected chi connectivity index (χ4v) is 2.00. The Morgan fingerprint density at radius 3 is 2.33 bits per heavy atom. The van der Waals surface area contributed by atoms with Gasteiger partial charge < -0.3 is 10.1 Å². The van der Waals surface area contributed by atoms with Crippen LogP contribution in [0.5, 0.6) is 5.75 Å². The van der Waals surface area contributed by atoms with Gasteiger partial charge >= 0.3 is 6.36 Å². The van der Waals surface area contributed by atoms with Gasteiger partial charge in [-0.1, -0.05) is 37.3 Å². The molecule has 2 aromatic carbocycles. The molecule has 0 aliphatic rings. The van der Waals surface area contributed by atoms with Crippen molar-refractivity contribution in [3.05, 3.63) is 54.1 Å². The highest BCUT2D eigenvalue weighted by Gasteiger charge is 2.31. The van der Waals surface area contributed by atoms with E-state index in [1.807, 2.05) is 31.2 Å². The van der Waals surface area contributed by atoms with Crippen LogP contribution in [0.25, 0.3) is 11.1 Å². The molecule has 5 heteroatoms. The first-order valence-corrected chi connectivity index (χ1v) is 6.64. The highest BCUT2D eigenvalue weighted by Crippen LogP contribution is 2.28. The Bertz CT molecular complexity index is 596. The van der Waals surface area contributed by atoms with Gasteiger partial charge in [0.2, 0.25) is 0 Å². The van der Waals surface area contributed by atoms with Crippen LogP contribution in [0, 0.1) is 0 Å². The van der Waals surface area contributed by atoms with E-state index in [4.69, 9.17) is 0 Å². The van der Waals surface area contributed by atoms with E-state index in [9.17, 15) is 13.2 Å². The van der Waals surface area contributed by atoms with E-state index in [0.717, 1.165) is 24.2 Å². The van der Waals surface area contributed by atoms with Crippen molar-refractivity contribution in [2.45, 2.75) is 19.8 Å². The number of alkyl halides is 3. The summed E-state index contributed by atoms with van der Waals surface area (Å²) in [7, 11) is 0. The zero-order chi connectivity index (χ0) is 15.3. The highest BCUT2D eigenvalue weighted by atomic mass is 19.4. The molecule has 0 saturated heterocycles. The zero-order valence-electron chi connectivity index (χ0n) is 11.6. The van der Waals surface area contributed by atoms with Crippen LogP contribution >= 0.6 is 0 Å². The van der Waals surface area contributed by atoms with Gasteiger partial charge in [-0.3, -0.25) is 0 Å². The van der Waals surface area contributed by atoms with Gasteiger partial charge in [-0.2, -0.15) is 0 Å². The second-order valence-corrected chi connectivity index (χ2v) is 4.56. The lowest BCUT2D eigenvalue weighted by atomic mass is 10.0. The Morgan fingerprint density at radius 1 is 1.00 bits per heavy atom. The number of rotatable bonds is 5. The van der Waals surface area contributed by atoms with Gasteiger partial charge in [0, 0.05) is 6.54 Å². The molecule has 0 aliphatic carbocycles. The SMILES string of the molecule is CCNCc1cccc(-c2cccc(OC(F)(F)F)c2)c1. The normalized spacial score (nSPS) is 11.4. The van der Waals surface area contributed by atoms with Crippen molar-refractivity contribution >= 4 is 0 Å². The zero-order valence-corrected chi connectivity index (χ0v) is 11.6. The molecule has 0 saturated carbocycles. The molecule has 21 heavy (non-hydrogen) atoms. The van der Waals surface area contributed by atoms with Gasteiger partial charge in [-0.15, -0.1) is 13.2 Å². The number of ether oxygens (including phenoxy) is 1. The van der Waals surface area contributed by atoms with E-state index >= 15 is 0 Å². The molecule has 0 bridgehead atoms. The maximum Gasteiger partial charge on any atom is 0.573 e. The largest absolute Gasteiger partial charge is 0.573 e. The predicted molar refractivity (Wildman–Crippen MR) is 75.9 cm³/mol. The third kappa shape index (κ3) is 4.79. The van der Waals surface area contributed by atoms with Gasteiger partial charge in [0.25, 0.3) is 0 Å². The minimum atomic E-state index is -4.68. The smallest absolute Gasteiger partial charge is 0.406 e. The number of nitrogens with one attached hydrogen (secondary N) is 1. The Labute approximate surface area is 121 Å². The molecule has 0 aromatic heterocycles. The van der Waals surface area contributed by atoms with Crippen LogP contribution in [0.15, 0.2) is 48.5 Å². The summed E-state index contributed by atoms with van der Waals surface area (Å²) < 4.78 is 40.7. The summed E-state index contributed by atoms with van der Waals surface area (Å²) in [6.45, 7) is 3.60. The Morgan fingerprint density at radius 2 is 1.67 bits per heavy atom. The van der Waals surface area contributed by atoms with E-state index in [1.165, 1.54) is 12.1 Å². The molecule has 0 atom stereocenters. The monoisotopic (exact) mass is 295 g/mol. The van der Waals surface area contributed by atoms with Crippen molar-refractivity contribution in [1.29, 1.82) is 0 Å². The molecular formula is C16H16F3NO. The van der Waals surface area contributed by atoms with Gasteiger partial charge in [0.15, 0.2) is 0 Å². The second kappa shape index (κ2) is 6.63. The third-order valence-electron chi connectivity index (χ3n) is 2.91. The average Bonchev–Trinajstić information content (AvgIpc) is 2.44. The molecule has 112 valence electrons. The van der Waals surface area contributed by atoms with E-state index < -0.39 is 6.36 Å². The van der Waals surface area contributed by atoms with E-state index in [-0.39, 0.29) is 5.75 Å². The lowest BCUT2D eigenvalue weighted by Crippen LogP contribution is -2.17. The van der Waals surface area contributed by atoms with E-state index in [0.29, 0.717) is 5.56 Å². The van der Waals surface area contributed by atoms with Crippen molar-refractivity contribution in [2.75, 3.05) is 6.54 Å². The lowest BCUT2D eigenvalue weighted by molar-refractivity contribution is -0.274. The summed E-state index contributed by atoms with van der Waals surface area (Å²) in [4.78, 5) is 0. The van der Waals surface area contributed by atoms with Crippen molar-refractivity contribution < 1.29 is 17.9 Å². The van der Waals surface area contributed by atoms with Crippen LogP contribution < -0.4 is 10.1 Å². The molecule has 1 N–H and O–H groups in total. The topological polar surface area (TPSA) is 21.3 Å². The first-order valence-electron chi connectivity index (χ1n) is 6.64. The standard InChI is InChI=1S/C16H16F3NO/c1-2-20-11-12-5-3-6-13(9-12)14-7-4-8-15(10-14)21-16(17,18)19/h3-10,20H,2,11H2,1H3. The molecular weight excluding hydrogens is 279 g/mol. The van der Waals surface area contributed by atoms with Crippen LogP contribution in [0.3, 0.4) is 0 Å². The fourth-order valence-electron chi connectivity index (χ4n) is 2.00. The minimum Gasteiger partial charge on any atom is -0.406 e. The fraction of sp³-hybridized carbons (Fsp3) is 0.250. The first kappa shape index (κ1) is 15.4. The number of hydrogen-bond acceptors (Lipinski definition) is 2. The molecule has 2 nitrogen and oxygen atoms in total. The molecule has 0 heterocycles. The Balaban J connectivity index is 2.23.